The molecule has 0 spiro atoms. The highest BCUT2D eigenvalue weighted by atomic mass is 16.3. The molecule has 0 amide bonds. The Bertz CT molecular complexity index is 223. The maximum atomic E-state index is 5.26. The van der Waals surface area contributed by atoms with Gasteiger partial charge in [0.2, 0.25) is 0 Å². The van der Waals surface area contributed by atoms with Crippen LogP contribution in [0.15, 0.2) is 22.8 Å². The van der Waals surface area contributed by atoms with Gasteiger partial charge in [-0.3, -0.25) is 0 Å². The second kappa shape index (κ2) is 4.02. The SMILES string of the molecule is [CH]=CCCCc1occc1C. The number of hydrogen-bond acceptors (Lipinski definition) is 1. The Labute approximate surface area is 67.7 Å². The lowest BCUT2D eigenvalue weighted by Gasteiger charge is -1.94. The van der Waals surface area contributed by atoms with Crippen molar-refractivity contribution in [3.05, 3.63) is 36.3 Å². The summed E-state index contributed by atoms with van der Waals surface area (Å²) < 4.78 is 5.26. The number of unbranched alkanes of at least 4 members (excludes halogenated alkanes) is 1. The summed E-state index contributed by atoms with van der Waals surface area (Å²) in [5.41, 5.74) is 1.24. The van der Waals surface area contributed by atoms with Gasteiger partial charge < -0.3 is 4.42 Å². The zero-order valence-corrected chi connectivity index (χ0v) is 6.84. The van der Waals surface area contributed by atoms with Crippen LogP contribution in [0.3, 0.4) is 0 Å². The topological polar surface area (TPSA) is 13.1 Å². The van der Waals surface area contributed by atoms with E-state index in [0.717, 1.165) is 25.0 Å². The van der Waals surface area contributed by atoms with Crippen LogP contribution >= 0.6 is 0 Å². The van der Waals surface area contributed by atoms with Gasteiger partial charge in [0.25, 0.3) is 0 Å². The molecule has 0 N–H and O–H groups in total. The first kappa shape index (κ1) is 8.12. The lowest BCUT2D eigenvalue weighted by Crippen LogP contribution is -1.83. The lowest BCUT2D eigenvalue weighted by atomic mass is 10.1. The van der Waals surface area contributed by atoms with Crippen molar-refractivity contribution in [3.63, 3.8) is 0 Å². The molecule has 0 aliphatic rings. The molecular weight excluding hydrogens is 136 g/mol. The van der Waals surface area contributed by atoms with Crippen LogP contribution < -0.4 is 0 Å². The van der Waals surface area contributed by atoms with Crippen LogP contribution in [0.25, 0.3) is 0 Å². The van der Waals surface area contributed by atoms with Gasteiger partial charge in [0.15, 0.2) is 0 Å². The Balaban J connectivity index is 2.38. The molecule has 1 heterocycles. The summed E-state index contributed by atoms with van der Waals surface area (Å²) in [6.45, 7) is 7.31. The van der Waals surface area contributed by atoms with Gasteiger partial charge in [-0.05, 0) is 31.4 Å². The van der Waals surface area contributed by atoms with E-state index < -0.39 is 0 Å². The highest BCUT2D eigenvalue weighted by Gasteiger charge is 1.99. The Morgan fingerprint density at radius 1 is 1.64 bits per heavy atom. The molecule has 0 aromatic carbocycles. The second-order valence-corrected chi connectivity index (χ2v) is 2.65. The van der Waals surface area contributed by atoms with Gasteiger partial charge in [0.05, 0.1) is 6.26 Å². The third kappa shape index (κ3) is 2.26. The van der Waals surface area contributed by atoms with Gasteiger partial charge in [0, 0.05) is 6.42 Å². The predicted octanol–water partition coefficient (Wildman–Crippen LogP) is 2.90. The number of aryl methyl sites for hydroxylation is 2. The monoisotopic (exact) mass is 149 g/mol. The zero-order chi connectivity index (χ0) is 8.10. The minimum Gasteiger partial charge on any atom is -0.469 e. The molecule has 0 fully saturated rings. The molecule has 0 atom stereocenters. The van der Waals surface area contributed by atoms with E-state index in [1.54, 1.807) is 12.3 Å². The van der Waals surface area contributed by atoms with Crippen molar-refractivity contribution in [2.45, 2.75) is 26.2 Å². The Morgan fingerprint density at radius 2 is 2.45 bits per heavy atom. The van der Waals surface area contributed by atoms with Crippen molar-refractivity contribution in [2.75, 3.05) is 0 Å². The van der Waals surface area contributed by atoms with Gasteiger partial charge in [-0.1, -0.05) is 12.7 Å². The largest absolute Gasteiger partial charge is 0.469 e. The number of allylic oxidation sites excluding steroid dienone is 1. The first-order valence-electron chi connectivity index (χ1n) is 3.91. The fraction of sp³-hybridized carbons (Fsp3) is 0.400. The summed E-state index contributed by atoms with van der Waals surface area (Å²) in [7, 11) is 0. The van der Waals surface area contributed by atoms with Crippen LogP contribution in [0.2, 0.25) is 0 Å². The first-order chi connectivity index (χ1) is 5.34. The molecule has 1 rings (SSSR count). The fourth-order valence-electron chi connectivity index (χ4n) is 1.04. The molecule has 0 aliphatic heterocycles. The van der Waals surface area contributed by atoms with Crippen LogP contribution in [0, 0.1) is 13.5 Å². The molecule has 59 valence electrons. The molecule has 1 aromatic rings. The van der Waals surface area contributed by atoms with E-state index in [1.165, 1.54) is 5.56 Å². The summed E-state index contributed by atoms with van der Waals surface area (Å²) in [6.07, 6.45) is 6.45. The number of hydrogen-bond donors (Lipinski definition) is 0. The van der Waals surface area contributed by atoms with E-state index in [-0.39, 0.29) is 0 Å². The molecule has 1 nitrogen and oxygen atoms in total. The molecule has 0 aliphatic carbocycles. The third-order valence-corrected chi connectivity index (χ3v) is 1.74. The molecule has 1 aromatic heterocycles. The quantitative estimate of drug-likeness (QED) is 0.600. The molecule has 0 saturated carbocycles. The Kier molecular flexibility index (Phi) is 2.96. The summed E-state index contributed by atoms with van der Waals surface area (Å²) >= 11 is 0. The van der Waals surface area contributed by atoms with Crippen molar-refractivity contribution >= 4 is 0 Å². The van der Waals surface area contributed by atoms with Gasteiger partial charge in [-0.25, -0.2) is 0 Å². The Hall–Kier alpha value is -0.980. The Morgan fingerprint density at radius 3 is 3.00 bits per heavy atom. The standard InChI is InChI=1S/C10H13O/c1-3-4-5-6-10-9(2)7-8-11-10/h1,3,7-8H,4-6H2,2H3. The molecule has 11 heavy (non-hydrogen) atoms. The highest BCUT2D eigenvalue weighted by Crippen LogP contribution is 2.11. The predicted molar refractivity (Wildman–Crippen MR) is 45.3 cm³/mol. The third-order valence-electron chi connectivity index (χ3n) is 1.74. The second-order valence-electron chi connectivity index (χ2n) is 2.65. The van der Waals surface area contributed by atoms with Crippen LogP contribution in [-0.4, -0.2) is 0 Å². The number of rotatable bonds is 4. The van der Waals surface area contributed by atoms with E-state index in [4.69, 9.17) is 11.0 Å². The van der Waals surface area contributed by atoms with Gasteiger partial charge in [-0.2, -0.15) is 0 Å². The van der Waals surface area contributed by atoms with Crippen molar-refractivity contribution in [3.8, 4) is 0 Å². The minimum absolute atomic E-state index is 0.958. The van der Waals surface area contributed by atoms with Crippen LogP contribution in [0.5, 0.6) is 0 Å². The molecule has 1 radical (unpaired) electrons. The summed E-state index contributed by atoms with van der Waals surface area (Å²) in [4.78, 5) is 0. The van der Waals surface area contributed by atoms with Gasteiger partial charge in [0.1, 0.15) is 5.76 Å². The summed E-state index contributed by atoms with van der Waals surface area (Å²) in [5, 5.41) is 0. The van der Waals surface area contributed by atoms with Crippen molar-refractivity contribution in [1.29, 1.82) is 0 Å². The molecule has 1 heteroatoms. The lowest BCUT2D eigenvalue weighted by molar-refractivity contribution is 0.500. The van der Waals surface area contributed by atoms with Gasteiger partial charge in [-0.15, -0.1) is 0 Å². The smallest absolute Gasteiger partial charge is 0.106 e. The van der Waals surface area contributed by atoms with E-state index in [0.29, 0.717) is 0 Å². The van der Waals surface area contributed by atoms with Crippen molar-refractivity contribution < 1.29 is 4.42 Å². The molecular formula is C10H13O. The maximum absolute atomic E-state index is 5.26. The van der Waals surface area contributed by atoms with E-state index in [2.05, 4.69) is 6.92 Å². The van der Waals surface area contributed by atoms with E-state index >= 15 is 0 Å². The number of furan rings is 1. The zero-order valence-electron chi connectivity index (χ0n) is 6.84. The van der Waals surface area contributed by atoms with Crippen molar-refractivity contribution in [1.82, 2.24) is 0 Å². The summed E-state index contributed by atoms with van der Waals surface area (Å²) in [5.74, 6) is 1.09. The first-order valence-corrected chi connectivity index (χ1v) is 3.91. The van der Waals surface area contributed by atoms with Crippen molar-refractivity contribution in [2.24, 2.45) is 0 Å². The highest BCUT2D eigenvalue weighted by molar-refractivity contribution is 5.14. The average molecular weight is 149 g/mol. The van der Waals surface area contributed by atoms with Crippen LogP contribution in [0.4, 0.5) is 0 Å². The fourth-order valence-corrected chi connectivity index (χ4v) is 1.04. The summed E-state index contributed by atoms with van der Waals surface area (Å²) in [6, 6.07) is 1.99. The molecule has 0 bridgehead atoms. The average Bonchev–Trinajstić information content (AvgIpc) is 2.37. The molecule has 0 unspecified atom stereocenters. The normalized spacial score (nSPS) is 9.91. The molecule has 0 saturated heterocycles. The van der Waals surface area contributed by atoms with E-state index in [9.17, 15) is 0 Å². The minimum atomic E-state index is 0.958. The van der Waals surface area contributed by atoms with E-state index in [1.807, 2.05) is 6.07 Å². The van der Waals surface area contributed by atoms with Gasteiger partial charge >= 0.3 is 0 Å². The van der Waals surface area contributed by atoms with Crippen LogP contribution in [0.1, 0.15) is 24.2 Å². The van der Waals surface area contributed by atoms with Crippen LogP contribution in [-0.2, 0) is 6.42 Å². The maximum Gasteiger partial charge on any atom is 0.106 e.